The number of rotatable bonds is 12. The number of nitrogens with one attached hydrogen (secondary N) is 3. The number of amides is 1. The van der Waals surface area contributed by atoms with Gasteiger partial charge in [0.25, 0.3) is 0 Å². The molecule has 0 aromatic rings. The van der Waals surface area contributed by atoms with Crippen LogP contribution < -0.4 is 16.0 Å². The third-order valence-corrected chi connectivity index (χ3v) is 4.01. The van der Waals surface area contributed by atoms with Crippen LogP contribution in [0.4, 0.5) is 0 Å². The first kappa shape index (κ1) is 20.7. The van der Waals surface area contributed by atoms with E-state index in [0.29, 0.717) is 24.3 Å². The van der Waals surface area contributed by atoms with Crippen molar-refractivity contribution in [2.75, 3.05) is 26.2 Å². The van der Waals surface area contributed by atoms with Gasteiger partial charge in [0.1, 0.15) is 0 Å². The first-order valence-corrected chi connectivity index (χ1v) is 9.47. The Morgan fingerprint density at radius 3 is 2.62 bits per heavy atom. The van der Waals surface area contributed by atoms with Crippen LogP contribution in [0.15, 0.2) is 4.99 Å². The number of carbonyl (C=O) groups excluding carboxylic acids is 1. The molecule has 0 bridgehead atoms. The lowest BCUT2D eigenvalue weighted by Gasteiger charge is -2.17. The first-order chi connectivity index (χ1) is 11.5. The maximum Gasteiger partial charge on any atom is 0.220 e. The van der Waals surface area contributed by atoms with Crippen LogP contribution in [-0.4, -0.2) is 49.3 Å². The largest absolute Gasteiger partial charge is 0.396 e. The maximum absolute atomic E-state index is 11.6. The second-order valence-electron chi connectivity index (χ2n) is 7.10. The second kappa shape index (κ2) is 12.1. The number of guanidine groups is 1. The quantitative estimate of drug-likeness (QED) is 0.247. The van der Waals surface area contributed by atoms with E-state index in [-0.39, 0.29) is 12.5 Å². The third kappa shape index (κ3) is 10.5. The van der Waals surface area contributed by atoms with Gasteiger partial charge >= 0.3 is 0 Å². The Balaban J connectivity index is 2.30. The number of aliphatic hydroxyl groups is 1. The lowest BCUT2D eigenvalue weighted by Crippen LogP contribution is -2.38. The van der Waals surface area contributed by atoms with E-state index in [1.54, 1.807) is 0 Å². The molecule has 140 valence electrons. The van der Waals surface area contributed by atoms with E-state index in [4.69, 9.17) is 0 Å². The summed E-state index contributed by atoms with van der Waals surface area (Å²) in [5.41, 5.74) is 0. The molecule has 1 aliphatic carbocycles. The standard InChI is InChI=1S/C18H36N4O2/c1-4-19-18(21-13-15(9-11-23)12-14(2)3)20-10-5-6-17(24)22-16-7-8-16/h14-16,23H,4-13H2,1-3H3,(H,22,24)(H2,19,20,21). The van der Waals surface area contributed by atoms with Gasteiger partial charge < -0.3 is 21.1 Å². The molecule has 1 rings (SSSR count). The summed E-state index contributed by atoms with van der Waals surface area (Å²) in [4.78, 5) is 16.3. The van der Waals surface area contributed by atoms with Gasteiger partial charge in [0, 0.05) is 38.7 Å². The number of aliphatic imine (C=N–C) groups is 1. The molecule has 4 N–H and O–H groups in total. The highest BCUT2D eigenvalue weighted by Gasteiger charge is 2.22. The third-order valence-electron chi connectivity index (χ3n) is 4.01. The SMILES string of the molecule is CCNC(=NCC(CCO)CC(C)C)NCCCC(=O)NC1CC1. The highest BCUT2D eigenvalue weighted by molar-refractivity contribution is 5.80. The molecule has 1 saturated carbocycles. The number of nitrogens with zero attached hydrogens (tertiary/aromatic N) is 1. The van der Waals surface area contributed by atoms with Gasteiger partial charge in [-0.3, -0.25) is 9.79 Å². The van der Waals surface area contributed by atoms with E-state index in [1.165, 1.54) is 0 Å². The fraction of sp³-hybridized carbons (Fsp3) is 0.889. The normalized spacial score (nSPS) is 16.1. The van der Waals surface area contributed by atoms with Crippen LogP contribution in [0.25, 0.3) is 0 Å². The fourth-order valence-electron chi connectivity index (χ4n) is 2.68. The van der Waals surface area contributed by atoms with Crippen LogP contribution in [0, 0.1) is 11.8 Å². The molecule has 0 aromatic carbocycles. The highest BCUT2D eigenvalue weighted by atomic mass is 16.3. The highest BCUT2D eigenvalue weighted by Crippen LogP contribution is 2.18. The summed E-state index contributed by atoms with van der Waals surface area (Å²) >= 11 is 0. The van der Waals surface area contributed by atoms with Crippen molar-refractivity contribution in [3.63, 3.8) is 0 Å². The molecule has 0 spiro atoms. The lowest BCUT2D eigenvalue weighted by atomic mass is 9.94. The Kier molecular flexibility index (Phi) is 10.5. The van der Waals surface area contributed by atoms with Crippen molar-refractivity contribution in [1.82, 2.24) is 16.0 Å². The monoisotopic (exact) mass is 340 g/mol. The van der Waals surface area contributed by atoms with Gasteiger partial charge in [-0.1, -0.05) is 13.8 Å². The van der Waals surface area contributed by atoms with Gasteiger partial charge in [-0.05, 0) is 50.9 Å². The minimum Gasteiger partial charge on any atom is -0.396 e. The summed E-state index contributed by atoms with van der Waals surface area (Å²) < 4.78 is 0. The van der Waals surface area contributed by atoms with Crippen LogP contribution in [0.2, 0.25) is 0 Å². The van der Waals surface area contributed by atoms with Crippen molar-refractivity contribution >= 4 is 11.9 Å². The average Bonchev–Trinajstić information content (AvgIpc) is 3.32. The van der Waals surface area contributed by atoms with Crippen LogP contribution in [0.1, 0.15) is 59.3 Å². The summed E-state index contributed by atoms with van der Waals surface area (Å²) in [7, 11) is 0. The van der Waals surface area contributed by atoms with Crippen molar-refractivity contribution in [3.8, 4) is 0 Å². The summed E-state index contributed by atoms with van der Waals surface area (Å²) in [6, 6.07) is 0.439. The second-order valence-corrected chi connectivity index (χ2v) is 7.10. The van der Waals surface area contributed by atoms with Crippen LogP contribution in [-0.2, 0) is 4.79 Å². The minimum atomic E-state index is 0.154. The molecule has 0 aromatic heterocycles. The topological polar surface area (TPSA) is 85.8 Å². The molecule has 1 amide bonds. The molecule has 1 fully saturated rings. The lowest BCUT2D eigenvalue weighted by molar-refractivity contribution is -0.121. The Morgan fingerprint density at radius 2 is 2.04 bits per heavy atom. The Labute approximate surface area is 146 Å². The predicted octanol–water partition coefficient (Wildman–Crippen LogP) is 1.65. The van der Waals surface area contributed by atoms with Gasteiger partial charge in [0.2, 0.25) is 5.91 Å². The molecule has 6 heteroatoms. The van der Waals surface area contributed by atoms with E-state index in [0.717, 1.165) is 57.7 Å². The van der Waals surface area contributed by atoms with E-state index in [9.17, 15) is 9.90 Å². The molecule has 24 heavy (non-hydrogen) atoms. The van der Waals surface area contributed by atoms with Crippen LogP contribution in [0.3, 0.4) is 0 Å². The van der Waals surface area contributed by atoms with Crippen molar-refractivity contribution in [1.29, 1.82) is 0 Å². The van der Waals surface area contributed by atoms with Crippen molar-refractivity contribution in [3.05, 3.63) is 0 Å². The number of carbonyl (C=O) groups is 1. The Morgan fingerprint density at radius 1 is 1.29 bits per heavy atom. The Bertz CT molecular complexity index is 381. The summed E-state index contributed by atoms with van der Waals surface area (Å²) in [6.07, 6.45) is 5.49. The van der Waals surface area contributed by atoms with Gasteiger partial charge in [-0.15, -0.1) is 0 Å². The smallest absolute Gasteiger partial charge is 0.220 e. The zero-order chi connectivity index (χ0) is 17.8. The molecule has 1 atom stereocenters. The molecule has 0 heterocycles. The van der Waals surface area contributed by atoms with E-state index < -0.39 is 0 Å². The molecule has 0 saturated heterocycles. The van der Waals surface area contributed by atoms with Gasteiger partial charge in [-0.25, -0.2) is 0 Å². The zero-order valence-corrected chi connectivity index (χ0v) is 15.6. The number of hydrogen-bond donors (Lipinski definition) is 4. The van der Waals surface area contributed by atoms with Gasteiger partial charge in [-0.2, -0.15) is 0 Å². The van der Waals surface area contributed by atoms with Gasteiger partial charge in [0.15, 0.2) is 5.96 Å². The summed E-state index contributed by atoms with van der Waals surface area (Å²) in [5.74, 6) is 1.97. The van der Waals surface area contributed by atoms with E-state index in [2.05, 4.69) is 34.8 Å². The van der Waals surface area contributed by atoms with Crippen molar-refractivity contribution < 1.29 is 9.90 Å². The van der Waals surface area contributed by atoms with E-state index in [1.807, 2.05) is 6.92 Å². The summed E-state index contributed by atoms with van der Waals surface area (Å²) in [5, 5.41) is 18.7. The molecule has 0 aliphatic heterocycles. The molecule has 1 unspecified atom stereocenters. The molecule has 1 aliphatic rings. The molecule has 0 radical (unpaired) electrons. The number of aliphatic hydroxyl groups excluding tert-OH is 1. The van der Waals surface area contributed by atoms with Crippen LogP contribution >= 0.6 is 0 Å². The van der Waals surface area contributed by atoms with Crippen LogP contribution in [0.5, 0.6) is 0 Å². The van der Waals surface area contributed by atoms with Crippen molar-refractivity contribution in [2.45, 2.75) is 65.3 Å². The maximum atomic E-state index is 11.6. The minimum absolute atomic E-state index is 0.154. The Hall–Kier alpha value is -1.30. The summed E-state index contributed by atoms with van der Waals surface area (Å²) in [6.45, 7) is 8.92. The molecular weight excluding hydrogens is 304 g/mol. The molecular formula is C18H36N4O2. The fourth-order valence-corrected chi connectivity index (χ4v) is 2.68. The average molecular weight is 341 g/mol. The predicted molar refractivity (Wildman–Crippen MR) is 99.0 cm³/mol. The van der Waals surface area contributed by atoms with Gasteiger partial charge in [0.05, 0.1) is 0 Å². The van der Waals surface area contributed by atoms with E-state index >= 15 is 0 Å². The molecule has 6 nitrogen and oxygen atoms in total. The first-order valence-electron chi connectivity index (χ1n) is 9.47. The zero-order valence-electron chi connectivity index (χ0n) is 15.6. The van der Waals surface area contributed by atoms with Crippen molar-refractivity contribution in [2.24, 2.45) is 16.8 Å². The number of hydrogen-bond acceptors (Lipinski definition) is 3.